The summed E-state index contributed by atoms with van der Waals surface area (Å²) in [7, 11) is 0. The van der Waals surface area contributed by atoms with E-state index in [0.717, 1.165) is 0 Å². The summed E-state index contributed by atoms with van der Waals surface area (Å²) in [6.45, 7) is 2.87. The molecule has 1 rings (SSSR count). The topological polar surface area (TPSA) is 88.2 Å². The lowest BCUT2D eigenvalue weighted by molar-refractivity contribution is -0.137. The van der Waals surface area contributed by atoms with Crippen molar-refractivity contribution in [1.82, 2.24) is 15.5 Å². The zero-order chi connectivity index (χ0) is 10.4. The van der Waals surface area contributed by atoms with Crippen molar-refractivity contribution in [3.8, 4) is 0 Å². The summed E-state index contributed by atoms with van der Waals surface area (Å²) in [6.07, 6.45) is 0.776. The first-order chi connectivity index (χ1) is 6.68. The van der Waals surface area contributed by atoms with Crippen LogP contribution in [0.5, 0.6) is 0 Å². The molecule has 0 spiro atoms. The smallest absolute Gasteiger partial charge is 0.303 e. The Labute approximate surface area is 81.3 Å². The van der Waals surface area contributed by atoms with Gasteiger partial charge in [-0.2, -0.15) is 4.98 Å². The molecule has 0 unspecified atom stereocenters. The molecule has 0 aliphatic heterocycles. The van der Waals surface area contributed by atoms with E-state index in [1.807, 2.05) is 0 Å². The van der Waals surface area contributed by atoms with Gasteiger partial charge in [-0.3, -0.25) is 4.79 Å². The molecule has 0 amide bonds. The molecule has 14 heavy (non-hydrogen) atoms. The number of carbonyl (C=O) groups is 1. The van der Waals surface area contributed by atoms with Crippen molar-refractivity contribution in [3.05, 3.63) is 11.7 Å². The average molecular weight is 199 g/mol. The zero-order valence-corrected chi connectivity index (χ0v) is 7.99. The van der Waals surface area contributed by atoms with Crippen molar-refractivity contribution in [1.29, 1.82) is 0 Å². The van der Waals surface area contributed by atoms with Gasteiger partial charge in [-0.05, 0) is 19.9 Å². The van der Waals surface area contributed by atoms with Crippen LogP contribution < -0.4 is 5.32 Å². The van der Waals surface area contributed by atoms with E-state index in [9.17, 15) is 4.79 Å². The number of nitrogens with zero attached hydrogens (tertiary/aromatic N) is 2. The Balaban J connectivity index is 2.07. The summed E-state index contributed by atoms with van der Waals surface area (Å²) in [5, 5.41) is 15.0. The van der Waals surface area contributed by atoms with Gasteiger partial charge in [0.2, 0.25) is 5.89 Å². The third kappa shape index (κ3) is 3.99. The Morgan fingerprint density at radius 3 is 3.00 bits per heavy atom. The highest BCUT2D eigenvalue weighted by atomic mass is 16.5. The molecule has 0 atom stereocenters. The molecule has 0 bridgehead atoms. The Morgan fingerprint density at radius 2 is 2.43 bits per heavy atom. The van der Waals surface area contributed by atoms with Crippen LogP contribution in [0.1, 0.15) is 24.6 Å². The first kappa shape index (κ1) is 10.6. The molecule has 6 heteroatoms. The van der Waals surface area contributed by atoms with Gasteiger partial charge >= 0.3 is 5.97 Å². The van der Waals surface area contributed by atoms with E-state index >= 15 is 0 Å². The predicted molar refractivity (Wildman–Crippen MR) is 47.6 cm³/mol. The molecule has 2 N–H and O–H groups in total. The molecule has 0 saturated carbocycles. The second-order valence-electron chi connectivity index (χ2n) is 2.91. The fourth-order valence-corrected chi connectivity index (χ4v) is 0.972. The highest BCUT2D eigenvalue weighted by molar-refractivity contribution is 5.66. The highest BCUT2D eigenvalue weighted by Crippen LogP contribution is 1.94. The number of carboxylic acid groups (broad SMARTS) is 1. The van der Waals surface area contributed by atoms with Gasteiger partial charge in [0.25, 0.3) is 0 Å². The summed E-state index contributed by atoms with van der Waals surface area (Å²) >= 11 is 0. The van der Waals surface area contributed by atoms with Crippen molar-refractivity contribution < 1.29 is 14.4 Å². The second kappa shape index (κ2) is 5.33. The van der Waals surface area contributed by atoms with Gasteiger partial charge < -0.3 is 14.9 Å². The molecule has 78 valence electrons. The van der Waals surface area contributed by atoms with Gasteiger partial charge in [-0.1, -0.05) is 5.16 Å². The van der Waals surface area contributed by atoms with Crippen molar-refractivity contribution in [2.24, 2.45) is 0 Å². The first-order valence-corrected chi connectivity index (χ1v) is 4.40. The monoisotopic (exact) mass is 199 g/mol. The molecule has 0 saturated heterocycles. The van der Waals surface area contributed by atoms with E-state index in [4.69, 9.17) is 9.63 Å². The highest BCUT2D eigenvalue weighted by Gasteiger charge is 2.01. The summed E-state index contributed by atoms with van der Waals surface area (Å²) < 4.78 is 4.85. The van der Waals surface area contributed by atoms with Gasteiger partial charge in [0.05, 0.1) is 6.54 Å². The number of rotatable bonds is 6. The van der Waals surface area contributed by atoms with E-state index < -0.39 is 5.97 Å². The normalized spacial score (nSPS) is 10.4. The van der Waals surface area contributed by atoms with Crippen molar-refractivity contribution in [2.75, 3.05) is 6.54 Å². The van der Waals surface area contributed by atoms with E-state index in [-0.39, 0.29) is 6.42 Å². The third-order valence-electron chi connectivity index (χ3n) is 1.59. The lowest BCUT2D eigenvalue weighted by atomic mass is 10.3. The van der Waals surface area contributed by atoms with Gasteiger partial charge in [0.15, 0.2) is 5.82 Å². The summed E-state index contributed by atoms with van der Waals surface area (Å²) in [4.78, 5) is 14.2. The molecular weight excluding hydrogens is 186 g/mol. The van der Waals surface area contributed by atoms with Crippen LogP contribution in [0.4, 0.5) is 0 Å². The van der Waals surface area contributed by atoms with Crippen LogP contribution in [0.3, 0.4) is 0 Å². The van der Waals surface area contributed by atoms with Crippen LogP contribution in [0.2, 0.25) is 0 Å². The van der Waals surface area contributed by atoms with Crippen molar-refractivity contribution in [2.45, 2.75) is 26.3 Å². The number of aromatic nitrogens is 2. The van der Waals surface area contributed by atoms with E-state index in [0.29, 0.717) is 31.2 Å². The Kier molecular flexibility index (Phi) is 4.06. The minimum absolute atomic E-state index is 0.176. The van der Waals surface area contributed by atoms with Crippen LogP contribution in [-0.4, -0.2) is 27.8 Å². The van der Waals surface area contributed by atoms with E-state index in [1.54, 1.807) is 6.92 Å². The third-order valence-corrected chi connectivity index (χ3v) is 1.59. The molecule has 1 aromatic rings. The van der Waals surface area contributed by atoms with Crippen LogP contribution in [-0.2, 0) is 11.3 Å². The minimum Gasteiger partial charge on any atom is -0.481 e. The van der Waals surface area contributed by atoms with Crippen molar-refractivity contribution in [3.63, 3.8) is 0 Å². The average Bonchev–Trinajstić information content (AvgIpc) is 2.50. The number of hydrogen-bond donors (Lipinski definition) is 2. The van der Waals surface area contributed by atoms with E-state index in [1.165, 1.54) is 0 Å². The number of aryl methyl sites for hydroxylation is 1. The quantitative estimate of drug-likeness (QED) is 0.642. The van der Waals surface area contributed by atoms with Crippen molar-refractivity contribution >= 4 is 5.97 Å². The lowest BCUT2D eigenvalue weighted by Gasteiger charge is -1.98. The number of nitrogens with one attached hydrogen (secondary N) is 1. The minimum atomic E-state index is -0.777. The zero-order valence-electron chi connectivity index (χ0n) is 7.99. The van der Waals surface area contributed by atoms with Gasteiger partial charge in [-0.25, -0.2) is 0 Å². The second-order valence-corrected chi connectivity index (χ2v) is 2.91. The maximum Gasteiger partial charge on any atom is 0.303 e. The van der Waals surface area contributed by atoms with E-state index in [2.05, 4.69) is 15.5 Å². The molecule has 0 radical (unpaired) electrons. The molecular formula is C8H13N3O3. The SMILES string of the molecule is Cc1noc(CNCCCC(=O)O)n1. The number of carboxylic acids is 1. The predicted octanol–water partition coefficient (Wildman–Crippen LogP) is 0.332. The lowest BCUT2D eigenvalue weighted by Crippen LogP contribution is -2.15. The summed E-state index contributed by atoms with van der Waals surface area (Å²) in [6, 6.07) is 0. The van der Waals surface area contributed by atoms with Gasteiger partial charge in [0.1, 0.15) is 0 Å². The maximum atomic E-state index is 10.2. The number of hydrogen-bond acceptors (Lipinski definition) is 5. The van der Waals surface area contributed by atoms with Crippen LogP contribution in [0.25, 0.3) is 0 Å². The van der Waals surface area contributed by atoms with Crippen LogP contribution >= 0.6 is 0 Å². The molecule has 0 aliphatic rings. The van der Waals surface area contributed by atoms with Gasteiger partial charge in [-0.15, -0.1) is 0 Å². The molecule has 1 heterocycles. The van der Waals surface area contributed by atoms with Gasteiger partial charge in [0, 0.05) is 6.42 Å². The fraction of sp³-hybridized carbons (Fsp3) is 0.625. The largest absolute Gasteiger partial charge is 0.481 e. The summed E-state index contributed by atoms with van der Waals surface area (Å²) in [5.74, 6) is 0.352. The molecule has 1 aromatic heterocycles. The molecule has 0 fully saturated rings. The Hall–Kier alpha value is -1.43. The standard InChI is InChI=1S/C8H13N3O3/c1-6-10-7(14-11-6)5-9-4-2-3-8(12)13/h9H,2-5H2,1H3,(H,12,13). The molecule has 0 aliphatic carbocycles. The first-order valence-electron chi connectivity index (χ1n) is 4.40. The Morgan fingerprint density at radius 1 is 1.64 bits per heavy atom. The number of aliphatic carboxylic acids is 1. The van der Waals surface area contributed by atoms with Crippen LogP contribution in [0.15, 0.2) is 4.52 Å². The van der Waals surface area contributed by atoms with Crippen LogP contribution in [0, 0.1) is 6.92 Å². The Bertz CT molecular complexity index is 298. The maximum absolute atomic E-state index is 10.2. The summed E-state index contributed by atoms with van der Waals surface area (Å²) in [5.41, 5.74) is 0. The fourth-order valence-electron chi connectivity index (χ4n) is 0.972. The molecule has 6 nitrogen and oxygen atoms in total. The molecule has 0 aromatic carbocycles.